The SMILES string of the molecule is C=CC.C=CC.C=CC.C=CC(=O)O.CCC(CO)(CO)CO. The first-order valence-corrected chi connectivity index (χ1v) is 7.15. The maximum absolute atomic E-state index is 9.25. The first-order valence-electron chi connectivity index (χ1n) is 7.15. The van der Waals surface area contributed by atoms with Crippen molar-refractivity contribution in [2.45, 2.75) is 34.1 Å². The molecular weight excluding hydrogens is 296 g/mol. The van der Waals surface area contributed by atoms with Gasteiger partial charge in [-0.05, 0) is 27.2 Å². The van der Waals surface area contributed by atoms with Crippen LogP contribution in [-0.2, 0) is 4.79 Å². The van der Waals surface area contributed by atoms with E-state index in [1.165, 1.54) is 0 Å². The summed E-state index contributed by atoms with van der Waals surface area (Å²) in [5, 5.41) is 33.6. The molecule has 0 aromatic carbocycles. The number of carbonyl (C=O) groups is 1. The monoisotopic (exact) mass is 332 g/mol. The zero-order chi connectivity index (χ0) is 19.7. The van der Waals surface area contributed by atoms with Crippen LogP contribution in [0.2, 0.25) is 0 Å². The third-order valence-corrected chi connectivity index (χ3v) is 1.93. The number of rotatable bonds is 5. The van der Waals surface area contributed by atoms with Crippen molar-refractivity contribution < 1.29 is 25.2 Å². The highest BCUT2D eigenvalue weighted by Gasteiger charge is 2.24. The van der Waals surface area contributed by atoms with Gasteiger partial charge in [-0.2, -0.15) is 0 Å². The van der Waals surface area contributed by atoms with Crippen molar-refractivity contribution in [2.75, 3.05) is 19.8 Å². The summed E-state index contributed by atoms with van der Waals surface area (Å²) in [6, 6.07) is 0. The van der Waals surface area contributed by atoms with Gasteiger partial charge in [0.1, 0.15) is 0 Å². The van der Waals surface area contributed by atoms with Crippen LogP contribution in [0.4, 0.5) is 0 Å². The fourth-order valence-corrected chi connectivity index (χ4v) is 0.485. The summed E-state index contributed by atoms with van der Waals surface area (Å²) in [6.45, 7) is 20.1. The van der Waals surface area contributed by atoms with E-state index in [0.29, 0.717) is 6.42 Å². The summed E-state index contributed by atoms with van der Waals surface area (Å²) in [5.74, 6) is -0.981. The van der Waals surface area contributed by atoms with E-state index >= 15 is 0 Å². The highest BCUT2D eigenvalue weighted by Crippen LogP contribution is 2.18. The second-order valence-electron chi connectivity index (χ2n) is 4.10. The summed E-state index contributed by atoms with van der Waals surface area (Å²) < 4.78 is 0. The van der Waals surface area contributed by atoms with Crippen molar-refractivity contribution in [1.82, 2.24) is 0 Å². The molecule has 0 saturated heterocycles. The van der Waals surface area contributed by atoms with E-state index in [2.05, 4.69) is 26.3 Å². The minimum Gasteiger partial charge on any atom is -0.478 e. The quantitative estimate of drug-likeness (QED) is 0.458. The molecular formula is C18H36O5. The Labute approximate surface area is 142 Å². The molecule has 0 atom stereocenters. The van der Waals surface area contributed by atoms with Gasteiger partial charge in [0.2, 0.25) is 0 Å². The van der Waals surface area contributed by atoms with Gasteiger partial charge >= 0.3 is 5.97 Å². The summed E-state index contributed by atoms with van der Waals surface area (Å²) in [6.07, 6.45) is 6.68. The number of carboxylic acid groups (broad SMARTS) is 1. The smallest absolute Gasteiger partial charge is 0.327 e. The maximum atomic E-state index is 9.25. The van der Waals surface area contributed by atoms with E-state index < -0.39 is 11.4 Å². The van der Waals surface area contributed by atoms with Crippen LogP contribution < -0.4 is 0 Å². The fourth-order valence-electron chi connectivity index (χ4n) is 0.485. The molecule has 0 rings (SSSR count). The zero-order valence-electron chi connectivity index (χ0n) is 15.2. The Morgan fingerprint density at radius 3 is 1.04 bits per heavy atom. The first-order chi connectivity index (χ1) is 10.8. The van der Waals surface area contributed by atoms with Gasteiger partial charge in [0, 0.05) is 11.5 Å². The first kappa shape index (κ1) is 33.0. The van der Waals surface area contributed by atoms with E-state index in [1.54, 1.807) is 18.2 Å². The molecule has 0 aliphatic rings. The summed E-state index contributed by atoms with van der Waals surface area (Å²) >= 11 is 0. The number of allylic oxidation sites excluding steroid dienone is 3. The van der Waals surface area contributed by atoms with E-state index in [0.717, 1.165) is 6.08 Å². The number of aliphatic hydroxyl groups excluding tert-OH is 3. The van der Waals surface area contributed by atoms with Gasteiger partial charge in [-0.25, -0.2) is 4.79 Å². The number of hydrogen-bond acceptors (Lipinski definition) is 4. The lowest BCUT2D eigenvalue weighted by atomic mass is 9.88. The van der Waals surface area contributed by atoms with E-state index in [1.807, 2.05) is 27.7 Å². The van der Waals surface area contributed by atoms with Gasteiger partial charge in [-0.3, -0.25) is 0 Å². The van der Waals surface area contributed by atoms with Crippen LogP contribution in [0.3, 0.4) is 0 Å². The summed E-state index contributed by atoms with van der Waals surface area (Å²) in [5.41, 5.74) is -0.667. The van der Waals surface area contributed by atoms with Crippen LogP contribution >= 0.6 is 0 Å². The summed E-state index contributed by atoms with van der Waals surface area (Å²) in [7, 11) is 0. The van der Waals surface area contributed by atoms with Crippen molar-refractivity contribution in [2.24, 2.45) is 5.41 Å². The average molecular weight is 332 g/mol. The van der Waals surface area contributed by atoms with Crippen molar-refractivity contribution in [3.63, 3.8) is 0 Å². The molecule has 0 amide bonds. The lowest BCUT2D eigenvalue weighted by Gasteiger charge is -2.24. The van der Waals surface area contributed by atoms with E-state index in [-0.39, 0.29) is 19.8 Å². The Hall–Kier alpha value is -1.69. The van der Waals surface area contributed by atoms with Crippen molar-refractivity contribution in [1.29, 1.82) is 0 Å². The fraction of sp³-hybridized carbons (Fsp3) is 0.500. The molecule has 0 saturated carbocycles. The molecule has 0 aromatic heterocycles. The molecule has 4 N–H and O–H groups in total. The van der Waals surface area contributed by atoms with Gasteiger partial charge in [0.25, 0.3) is 0 Å². The van der Waals surface area contributed by atoms with Crippen LogP contribution in [0.25, 0.3) is 0 Å². The molecule has 5 heteroatoms. The predicted octanol–water partition coefficient (Wildman–Crippen LogP) is 3.19. The van der Waals surface area contributed by atoms with Crippen LogP contribution in [0.15, 0.2) is 50.6 Å². The van der Waals surface area contributed by atoms with Crippen molar-refractivity contribution in [3.8, 4) is 0 Å². The molecule has 0 fully saturated rings. The second kappa shape index (κ2) is 32.3. The minimum absolute atomic E-state index is 0.156. The normalized spacial score (nSPS) is 7.78. The third-order valence-electron chi connectivity index (χ3n) is 1.93. The molecule has 0 bridgehead atoms. The largest absolute Gasteiger partial charge is 0.478 e. The Kier molecular flexibility index (Phi) is 46.4. The molecule has 0 aromatic rings. The molecule has 0 spiro atoms. The van der Waals surface area contributed by atoms with Crippen LogP contribution in [-0.4, -0.2) is 46.2 Å². The number of aliphatic carboxylic acids is 1. The Morgan fingerprint density at radius 1 is 0.870 bits per heavy atom. The molecule has 0 aliphatic carbocycles. The van der Waals surface area contributed by atoms with Crippen LogP contribution in [0.5, 0.6) is 0 Å². The standard InChI is InChI=1S/C6H14O3.C3H4O2.3C3H6/c1-2-6(3-7,4-8)5-9;1-2-3(4)5;3*1-3-2/h7-9H,2-5H2,1H3;2H,1H2,(H,4,5);3*3H,1H2,2H3. The topological polar surface area (TPSA) is 98.0 Å². The number of hydrogen-bond donors (Lipinski definition) is 4. The third kappa shape index (κ3) is 44.9. The van der Waals surface area contributed by atoms with Crippen molar-refractivity contribution in [3.05, 3.63) is 50.6 Å². The molecule has 0 radical (unpaired) electrons. The van der Waals surface area contributed by atoms with Gasteiger partial charge in [-0.1, -0.05) is 31.7 Å². The Bertz CT molecular complexity index is 237. The highest BCUT2D eigenvalue weighted by atomic mass is 16.4. The lowest BCUT2D eigenvalue weighted by molar-refractivity contribution is -0.131. The zero-order valence-corrected chi connectivity index (χ0v) is 15.2. The van der Waals surface area contributed by atoms with Crippen molar-refractivity contribution >= 4 is 5.97 Å². The Balaban J connectivity index is -0.0000000656. The second-order valence-corrected chi connectivity index (χ2v) is 4.10. The maximum Gasteiger partial charge on any atom is 0.327 e. The van der Waals surface area contributed by atoms with Crippen LogP contribution in [0, 0.1) is 5.41 Å². The van der Waals surface area contributed by atoms with E-state index in [9.17, 15) is 4.79 Å². The molecule has 0 unspecified atom stereocenters. The highest BCUT2D eigenvalue weighted by molar-refractivity contribution is 5.78. The lowest BCUT2D eigenvalue weighted by Crippen LogP contribution is -2.32. The molecule has 0 heterocycles. The molecule has 138 valence electrons. The van der Waals surface area contributed by atoms with Gasteiger partial charge in [0.05, 0.1) is 19.8 Å². The summed E-state index contributed by atoms with van der Waals surface area (Å²) in [4.78, 5) is 9.25. The molecule has 23 heavy (non-hydrogen) atoms. The van der Waals surface area contributed by atoms with Gasteiger partial charge in [0.15, 0.2) is 0 Å². The number of carboxylic acids is 1. The average Bonchev–Trinajstić information content (AvgIpc) is 2.53. The van der Waals surface area contributed by atoms with Crippen LogP contribution in [0.1, 0.15) is 34.1 Å². The molecule has 0 aliphatic heterocycles. The Morgan fingerprint density at radius 2 is 1.04 bits per heavy atom. The predicted molar refractivity (Wildman–Crippen MR) is 99.4 cm³/mol. The minimum atomic E-state index is -0.981. The van der Waals surface area contributed by atoms with Gasteiger partial charge < -0.3 is 20.4 Å². The van der Waals surface area contributed by atoms with E-state index in [4.69, 9.17) is 20.4 Å². The molecule has 5 nitrogen and oxygen atoms in total. The van der Waals surface area contributed by atoms with Gasteiger partial charge in [-0.15, -0.1) is 19.7 Å². The number of aliphatic hydroxyl groups is 3.